The summed E-state index contributed by atoms with van der Waals surface area (Å²) in [6.07, 6.45) is 1.89. The summed E-state index contributed by atoms with van der Waals surface area (Å²) >= 11 is 5.88. The largest absolute Gasteiger partial charge is 0.384 e. The van der Waals surface area contributed by atoms with Gasteiger partial charge >= 0.3 is 0 Å². The molecule has 4 nitrogen and oxygen atoms in total. The zero-order chi connectivity index (χ0) is 15.5. The molecule has 1 aliphatic rings. The van der Waals surface area contributed by atoms with Gasteiger partial charge in [0.25, 0.3) is 0 Å². The summed E-state index contributed by atoms with van der Waals surface area (Å²) in [5.74, 6) is 0.594. The second-order valence-electron chi connectivity index (χ2n) is 5.50. The van der Waals surface area contributed by atoms with Gasteiger partial charge in [0.05, 0.1) is 11.5 Å². The van der Waals surface area contributed by atoms with Crippen molar-refractivity contribution in [3.63, 3.8) is 0 Å². The highest BCUT2D eigenvalue weighted by atomic mass is 35.5. The highest BCUT2D eigenvalue weighted by molar-refractivity contribution is 7.89. The molecule has 0 bridgehead atoms. The highest BCUT2D eigenvalue weighted by Gasteiger charge is 2.31. The van der Waals surface area contributed by atoms with E-state index in [1.165, 1.54) is 0 Å². The molecule has 1 atom stereocenters. The van der Waals surface area contributed by atoms with Gasteiger partial charge in [0, 0.05) is 26.1 Å². The summed E-state index contributed by atoms with van der Waals surface area (Å²) in [5, 5.41) is 0. The van der Waals surface area contributed by atoms with Gasteiger partial charge in [0.1, 0.15) is 0 Å². The number of ether oxygens (including phenoxy) is 1. The number of hydrogen-bond donors (Lipinski definition) is 0. The minimum atomic E-state index is -3.46. The first-order chi connectivity index (χ1) is 10.0. The molecule has 1 heterocycles. The lowest BCUT2D eigenvalue weighted by molar-refractivity contribution is 0.118. The summed E-state index contributed by atoms with van der Waals surface area (Å²) in [6.45, 7) is 3.53. The Balaban J connectivity index is 2.29. The van der Waals surface area contributed by atoms with Gasteiger partial charge < -0.3 is 4.74 Å². The predicted molar refractivity (Wildman–Crippen MR) is 84.1 cm³/mol. The molecule has 0 amide bonds. The van der Waals surface area contributed by atoms with Crippen LogP contribution in [0.3, 0.4) is 0 Å². The van der Waals surface area contributed by atoms with Crippen molar-refractivity contribution in [3.8, 4) is 0 Å². The molecule has 1 saturated heterocycles. The Bertz CT molecular complexity index is 587. The van der Waals surface area contributed by atoms with Crippen LogP contribution in [-0.4, -0.2) is 39.5 Å². The molecular weight excluding hydrogens is 310 g/mol. The minimum Gasteiger partial charge on any atom is -0.384 e. The molecule has 2 rings (SSSR count). The first-order valence-corrected chi connectivity index (χ1v) is 9.11. The first kappa shape index (κ1) is 16.7. The van der Waals surface area contributed by atoms with Crippen LogP contribution in [0.4, 0.5) is 0 Å². The van der Waals surface area contributed by atoms with Crippen LogP contribution in [0.1, 0.15) is 24.0 Å². The van der Waals surface area contributed by atoms with Crippen LogP contribution >= 0.6 is 11.6 Å². The molecule has 1 fully saturated rings. The Morgan fingerprint density at radius 3 is 2.86 bits per heavy atom. The average molecular weight is 332 g/mol. The Morgan fingerprint density at radius 1 is 1.43 bits per heavy atom. The number of rotatable bonds is 5. The zero-order valence-electron chi connectivity index (χ0n) is 12.5. The fourth-order valence-corrected chi connectivity index (χ4v) is 4.95. The normalized spacial score (nSPS) is 20.6. The molecule has 0 radical (unpaired) electrons. The van der Waals surface area contributed by atoms with Gasteiger partial charge in [0.15, 0.2) is 0 Å². The van der Waals surface area contributed by atoms with Crippen molar-refractivity contribution in [2.45, 2.75) is 30.5 Å². The van der Waals surface area contributed by atoms with Gasteiger partial charge in [-0.05, 0) is 42.9 Å². The molecule has 0 N–H and O–H groups in total. The number of sulfonamides is 1. The maximum atomic E-state index is 12.9. The monoisotopic (exact) mass is 331 g/mol. The third kappa shape index (κ3) is 3.59. The summed E-state index contributed by atoms with van der Waals surface area (Å²) in [4.78, 5) is 0.374. The van der Waals surface area contributed by atoms with E-state index in [9.17, 15) is 8.42 Å². The van der Waals surface area contributed by atoms with Crippen LogP contribution in [0.15, 0.2) is 23.1 Å². The highest BCUT2D eigenvalue weighted by Crippen LogP contribution is 2.27. The predicted octanol–water partition coefficient (Wildman–Crippen LogP) is 2.78. The van der Waals surface area contributed by atoms with Crippen molar-refractivity contribution in [2.75, 3.05) is 26.8 Å². The van der Waals surface area contributed by atoms with Crippen molar-refractivity contribution in [1.82, 2.24) is 4.31 Å². The fraction of sp³-hybridized carbons (Fsp3) is 0.600. The molecule has 6 heteroatoms. The van der Waals surface area contributed by atoms with Gasteiger partial charge in [0.2, 0.25) is 10.0 Å². The lowest BCUT2D eigenvalue weighted by Gasteiger charge is -2.32. The van der Waals surface area contributed by atoms with Crippen LogP contribution in [0.5, 0.6) is 0 Å². The molecule has 1 aromatic carbocycles. The number of benzene rings is 1. The summed E-state index contributed by atoms with van der Waals surface area (Å²) < 4.78 is 32.5. The Morgan fingerprint density at radius 2 is 2.19 bits per heavy atom. The molecule has 118 valence electrons. The molecule has 0 aromatic heterocycles. The molecule has 0 spiro atoms. The average Bonchev–Trinajstić information content (AvgIpc) is 2.48. The Hall–Kier alpha value is -0.620. The molecule has 1 aromatic rings. The van der Waals surface area contributed by atoms with E-state index >= 15 is 0 Å². The molecular formula is C15H22ClNO3S. The smallest absolute Gasteiger partial charge is 0.243 e. The lowest BCUT2D eigenvalue weighted by Crippen LogP contribution is -2.41. The van der Waals surface area contributed by atoms with Crippen molar-refractivity contribution in [2.24, 2.45) is 5.92 Å². The van der Waals surface area contributed by atoms with E-state index in [1.807, 2.05) is 13.0 Å². The number of alkyl halides is 1. The Kier molecular flexibility index (Phi) is 5.66. The van der Waals surface area contributed by atoms with E-state index < -0.39 is 10.0 Å². The van der Waals surface area contributed by atoms with E-state index in [2.05, 4.69) is 0 Å². The lowest BCUT2D eigenvalue weighted by atomic mass is 10.0. The quantitative estimate of drug-likeness (QED) is 0.779. The van der Waals surface area contributed by atoms with Crippen LogP contribution in [0.25, 0.3) is 0 Å². The number of halogens is 1. The molecule has 21 heavy (non-hydrogen) atoms. The topological polar surface area (TPSA) is 46.6 Å². The third-order valence-corrected chi connectivity index (χ3v) is 6.34. The van der Waals surface area contributed by atoms with Gasteiger partial charge in [-0.2, -0.15) is 4.31 Å². The number of hydrogen-bond acceptors (Lipinski definition) is 3. The van der Waals surface area contributed by atoms with Gasteiger partial charge in [-0.3, -0.25) is 0 Å². The van der Waals surface area contributed by atoms with E-state index in [1.54, 1.807) is 23.5 Å². The van der Waals surface area contributed by atoms with Crippen LogP contribution < -0.4 is 0 Å². The summed E-state index contributed by atoms with van der Waals surface area (Å²) in [7, 11) is -1.80. The van der Waals surface area contributed by atoms with Crippen LogP contribution in [0, 0.1) is 12.8 Å². The van der Waals surface area contributed by atoms with Crippen molar-refractivity contribution in [3.05, 3.63) is 29.3 Å². The van der Waals surface area contributed by atoms with Gasteiger partial charge in [-0.25, -0.2) is 8.42 Å². The van der Waals surface area contributed by atoms with Crippen LogP contribution in [0.2, 0.25) is 0 Å². The molecule has 0 saturated carbocycles. The van der Waals surface area contributed by atoms with Gasteiger partial charge in [-0.15, -0.1) is 11.6 Å². The number of piperidine rings is 1. The first-order valence-electron chi connectivity index (χ1n) is 7.14. The SMILES string of the molecule is COCC1CCCN(S(=O)(=O)c2cccc(CCl)c2C)C1. The second-order valence-corrected chi connectivity index (χ2v) is 7.67. The third-order valence-electron chi connectivity index (χ3n) is 4.04. The summed E-state index contributed by atoms with van der Waals surface area (Å²) in [5.41, 5.74) is 1.62. The molecule has 1 unspecified atom stereocenters. The maximum absolute atomic E-state index is 12.9. The van der Waals surface area contributed by atoms with E-state index in [0.717, 1.165) is 24.0 Å². The number of methoxy groups -OCH3 is 1. The van der Waals surface area contributed by atoms with Crippen molar-refractivity contribution in [1.29, 1.82) is 0 Å². The number of nitrogens with zero attached hydrogens (tertiary/aromatic N) is 1. The maximum Gasteiger partial charge on any atom is 0.243 e. The second kappa shape index (κ2) is 7.09. The minimum absolute atomic E-state index is 0.273. The standard InChI is InChI=1S/C15H22ClNO3S/c1-12-14(9-16)6-3-7-15(12)21(18,19)17-8-4-5-13(10-17)11-20-2/h3,6-7,13H,4-5,8-11H2,1-2H3. The molecule has 0 aliphatic carbocycles. The molecule has 1 aliphatic heterocycles. The van der Waals surface area contributed by atoms with E-state index in [-0.39, 0.29) is 5.92 Å². The zero-order valence-corrected chi connectivity index (χ0v) is 14.1. The van der Waals surface area contributed by atoms with Gasteiger partial charge in [-0.1, -0.05) is 12.1 Å². The fourth-order valence-electron chi connectivity index (χ4n) is 2.84. The van der Waals surface area contributed by atoms with Crippen molar-refractivity contribution < 1.29 is 13.2 Å². The van der Waals surface area contributed by atoms with E-state index in [4.69, 9.17) is 16.3 Å². The Labute approximate surface area is 132 Å². The van der Waals surface area contributed by atoms with Crippen molar-refractivity contribution >= 4 is 21.6 Å². The van der Waals surface area contributed by atoms with Crippen LogP contribution in [-0.2, 0) is 20.6 Å². The van der Waals surface area contributed by atoms with E-state index in [0.29, 0.717) is 30.5 Å². The summed E-state index contributed by atoms with van der Waals surface area (Å²) in [6, 6.07) is 5.29.